The van der Waals surface area contributed by atoms with Crippen molar-refractivity contribution < 1.29 is 14.3 Å². The van der Waals surface area contributed by atoms with Crippen LogP contribution in [0.3, 0.4) is 0 Å². The highest BCUT2D eigenvalue weighted by Crippen LogP contribution is 2.40. The van der Waals surface area contributed by atoms with Crippen LogP contribution in [0.5, 0.6) is 0 Å². The van der Waals surface area contributed by atoms with Gasteiger partial charge in [0.05, 0.1) is 7.11 Å². The quantitative estimate of drug-likeness (QED) is 0.716. The highest BCUT2D eigenvalue weighted by atomic mass is 32.1. The minimum absolute atomic E-state index is 0.283. The van der Waals surface area contributed by atoms with Gasteiger partial charge in [-0.2, -0.15) is 0 Å². The predicted molar refractivity (Wildman–Crippen MR) is 98.0 cm³/mol. The number of benzene rings is 1. The Morgan fingerprint density at radius 1 is 1.08 bits per heavy atom. The molecule has 3 aromatic rings. The minimum Gasteiger partial charge on any atom is -0.465 e. The van der Waals surface area contributed by atoms with Crippen LogP contribution in [0.2, 0.25) is 0 Å². The highest BCUT2D eigenvalue weighted by molar-refractivity contribution is 7.17. The molecule has 0 unspecified atom stereocenters. The molecule has 126 valence electrons. The summed E-state index contributed by atoms with van der Waals surface area (Å²) in [7, 11) is 1.33. The van der Waals surface area contributed by atoms with Gasteiger partial charge in [0.25, 0.3) is 5.91 Å². The Balaban J connectivity index is 2.05. The zero-order chi connectivity index (χ0) is 17.8. The van der Waals surface area contributed by atoms with E-state index in [1.54, 1.807) is 24.4 Å². The number of pyridine rings is 1. The Kier molecular flexibility index (Phi) is 4.90. The molecular formula is C19H16N2O3S. The maximum absolute atomic E-state index is 12.4. The Morgan fingerprint density at radius 2 is 1.80 bits per heavy atom. The number of ether oxygens (including phenoxy) is 1. The molecule has 0 fully saturated rings. The molecule has 0 radical (unpaired) electrons. The number of carbonyl (C=O) groups is 2. The van der Waals surface area contributed by atoms with Gasteiger partial charge in [-0.3, -0.25) is 9.78 Å². The number of amides is 1. The van der Waals surface area contributed by atoms with Gasteiger partial charge in [-0.15, -0.1) is 11.3 Å². The van der Waals surface area contributed by atoms with Gasteiger partial charge < -0.3 is 10.1 Å². The van der Waals surface area contributed by atoms with E-state index in [0.29, 0.717) is 10.6 Å². The summed E-state index contributed by atoms with van der Waals surface area (Å²) in [5, 5.41) is 3.25. The van der Waals surface area contributed by atoms with Crippen LogP contribution in [-0.2, 0) is 4.74 Å². The number of esters is 1. The average Bonchev–Trinajstić information content (AvgIpc) is 2.98. The van der Waals surface area contributed by atoms with Crippen LogP contribution >= 0.6 is 11.3 Å². The number of aromatic nitrogens is 1. The van der Waals surface area contributed by atoms with Gasteiger partial charge in [0.2, 0.25) is 0 Å². The number of carbonyl (C=O) groups excluding carboxylic acids is 2. The molecule has 0 aliphatic rings. The fraction of sp³-hybridized carbons (Fsp3) is 0.105. The highest BCUT2D eigenvalue weighted by Gasteiger charge is 2.25. The van der Waals surface area contributed by atoms with Crippen molar-refractivity contribution in [3.05, 3.63) is 70.9 Å². The van der Waals surface area contributed by atoms with Crippen molar-refractivity contribution in [3.8, 4) is 11.1 Å². The van der Waals surface area contributed by atoms with Crippen molar-refractivity contribution in [3.63, 3.8) is 0 Å². The molecular weight excluding hydrogens is 336 g/mol. The SMILES string of the molecule is COC(=O)c1c(NC(=O)c2ccccn2)sc(C)c1-c1ccccc1. The third kappa shape index (κ3) is 3.44. The van der Waals surface area contributed by atoms with Gasteiger partial charge in [-0.1, -0.05) is 36.4 Å². The standard InChI is InChI=1S/C19H16N2O3S/c1-12-15(13-8-4-3-5-9-13)16(19(23)24-2)18(25-12)21-17(22)14-10-6-7-11-20-14/h3-11H,1-2H3,(H,21,22). The lowest BCUT2D eigenvalue weighted by atomic mass is 10.0. The number of thiophene rings is 1. The summed E-state index contributed by atoms with van der Waals surface area (Å²) < 4.78 is 4.94. The van der Waals surface area contributed by atoms with Crippen molar-refractivity contribution in [1.29, 1.82) is 0 Å². The Labute approximate surface area is 149 Å². The van der Waals surface area contributed by atoms with E-state index in [0.717, 1.165) is 16.0 Å². The smallest absolute Gasteiger partial charge is 0.341 e. The molecule has 0 saturated heterocycles. The van der Waals surface area contributed by atoms with E-state index in [4.69, 9.17) is 4.74 Å². The van der Waals surface area contributed by atoms with Crippen molar-refractivity contribution in [2.24, 2.45) is 0 Å². The predicted octanol–water partition coefficient (Wildman–Crippen LogP) is 4.16. The Morgan fingerprint density at radius 3 is 2.44 bits per heavy atom. The summed E-state index contributed by atoms with van der Waals surface area (Å²) in [6, 6.07) is 14.6. The summed E-state index contributed by atoms with van der Waals surface area (Å²) in [5.74, 6) is -0.855. The molecule has 6 heteroatoms. The number of rotatable bonds is 4. The van der Waals surface area contributed by atoms with E-state index >= 15 is 0 Å². The van der Waals surface area contributed by atoms with Crippen LogP contribution in [0.1, 0.15) is 25.7 Å². The summed E-state index contributed by atoms with van der Waals surface area (Å²) >= 11 is 1.34. The molecule has 0 bridgehead atoms. The molecule has 1 aromatic carbocycles. The molecule has 2 aromatic heterocycles. The fourth-order valence-electron chi connectivity index (χ4n) is 2.55. The molecule has 0 saturated carbocycles. The number of hydrogen-bond donors (Lipinski definition) is 1. The number of anilines is 1. The van der Waals surface area contributed by atoms with Crippen LogP contribution in [-0.4, -0.2) is 24.0 Å². The summed E-state index contributed by atoms with van der Waals surface area (Å²) in [4.78, 5) is 29.7. The van der Waals surface area contributed by atoms with E-state index < -0.39 is 5.97 Å². The molecule has 0 atom stereocenters. The maximum atomic E-state index is 12.4. The van der Waals surface area contributed by atoms with Gasteiger partial charge in [-0.25, -0.2) is 4.79 Å². The number of nitrogens with one attached hydrogen (secondary N) is 1. The number of nitrogens with zero attached hydrogens (tertiary/aromatic N) is 1. The van der Waals surface area contributed by atoms with Crippen molar-refractivity contribution in [1.82, 2.24) is 4.98 Å². The normalized spacial score (nSPS) is 10.3. The van der Waals surface area contributed by atoms with Gasteiger partial charge in [-0.05, 0) is 24.6 Å². The van der Waals surface area contributed by atoms with Crippen molar-refractivity contribution >= 4 is 28.2 Å². The van der Waals surface area contributed by atoms with Crippen LogP contribution in [0.25, 0.3) is 11.1 Å². The lowest BCUT2D eigenvalue weighted by Gasteiger charge is -2.08. The van der Waals surface area contributed by atoms with E-state index in [1.165, 1.54) is 18.4 Å². The second-order valence-electron chi connectivity index (χ2n) is 5.26. The van der Waals surface area contributed by atoms with Crippen LogP contribution in [0.4, 0.5) is 5.00 Å². The third-order valence-electron chi connectivity index (χ3n) is 3.66. The zero-order valence-electron chi connectivity index (χ0n) is 13.8. The van der Waals surface area contributed by atoms with E-state index in [-0.39, 0.29) is 11.6 Å². The average molecular weight is 352 g/mol. The fourth-order valence-corrected chi connectivity index (χ4v) is 3.61. The molecule has 0 aliphatic heterocycles. The summed E-state index contributed by atoms with van der Waals surface area (Å²) in [6.07, 6.45) is 1.55. The first-order chi connectivity index (χ1) is 12.1. The van der Waals surface area contributed by atoms with Crippen LogP contribution in [0.15, 0.2) is 54.7 Å². The molecule has 1 N–H and O–H groups in total. The van der Waals surface area contributed by atoms with Gasteiger partial charge >= 0.3 is 5.97 Å². The minimum atomic E-state index is -0.487. The lowest BCUT2D eigenvalue weighted by Crippen LogP contribution is -2.15. The molecule has 5 nitrogen and oxygen atoms in total. The lowest BCUT2D eigenvalue weighted by molar-refractivity contribution is 0.0603. The monoisotopic (exact) mass is 352 g/mol. The first kappa shape index (κ1) is 16.9. The zero-order valence-corrected chi connectivity index (χ0v) is 14.6. The molecule has 2 heterocycles. The molecule has 3 rings (SSSR count). The van der Waals surface area contributed by atoms with Gasteiger partial charge in [0.1, 0.15) is 16.3 Å². The number of methoxy groups -OCH3 is 1. The van der Waals surface area contributed by atoms with E-state index in [1.807, 2.05) is 37.3 Å². The van der Waals surface area contributed by atoms with Crippen molar-refractivity contribution in [2.45, 2.75) is 6.92 Å². The van der Waals surface area contributed by atoms with Crippen LogP contribution < -0.4 is 5.32 Å². The largest absolute Gasteiger partial charge is 0.465 e. The first-order valence-corrected chi connectivity index (χ1v) is 8.43. The summed E-state index contributed by atoms with van der Waals surface area (Å²) in [6.45, 7) is 1.91. The maximum Gasteiger partial charge on any atom is 0.341 e. The molecule has 0 spiro atoms. The second kappa shape index (κ2) is 7.27. The van der Waals surface area contributed by atoms with Gasteiger partial charge in [0, 0.05) is 16.6 Å². The topological polar surface area (TPSA) is 68.3 Å². The number of hydrogen-bond acceptors (Lipinski definition) is 5. The third-order valence-corrected chi connectivity index (χ3v) is 4.68. The molecule has 1 amide bonds. The second-order valence-corrected chi connectivity index (χ2v) is 6.49. The van der Waals surface area contributed by atoms with E-state index in [9.17, 15) is 9.59 Å². The molecule has 25 heavy (non-hydrogen) atoms. The first-order valence-electron chi connectivity index (χ1n) is 7.61. The van der Waals surface area contributed by atoms with Crippen LogP contribution in [0, 0.1) is 6.92 Å². The van der Waals surface area contributed by atoms with E-state index in [2.05, 4.69) is 10.3 Å². The Bertz CT molecular complexity index is 905. The van der Waals surface area contributed by atoms with Gasteiger partial charge in [0.15, 0.2) is 0 Å². The Hall–Kier alpha value is -2.99. The number of aryl methyl sites for hydroxylation is 1. The summed E-state index contributed by atoms with van der Waals surface area (Å²) in [5.41, 5.74) is 2.31. The van der Waals surface area contributed by atoms with Crippen molar-refractivity contribution in [2.75, 3.05) is 12.4 Å². The molecule has 0 aliphatic carbocycles.